The van der Waals surface area contributed by atoms with Crippen LogP contribution in [-0.4, -0.2) is 28.7 Å². The van der Waals surface area contributed by atoms with E-state index in [4.69, 9.17) is 11.6 Å². The highest BCUT2D eigenvalue weighted by molar-refractivity contribution is 9.10. The third-order valence-electron chi connectivity index (χ3n) is 11.5. The van der Waals surface area contributed by atoms with Gasteiger partial charge in [-0.1, -0.05) is 106 Å². The van der Waals surface area contributed by atoms with Gasteiger partial charge < -0.3 is 5.11 Å². The summed E-state index contributed by atoms with van der Waals surface area (Å²) >= 11 is 9.88. The van der Waals surface area contributed by atoms with Crippen LogP contribution < -0.4 is 9.80 Å². The Hall–Kier alpha value is -5.05. The van der Waals surface area contributed by atoms with Crippen LogP contribution in [0.2, 0.25) is 5.02 Å². The standard InChI is InChI=1S/C42H30BrClN2O5/c43-24-13-15-26(16-14-24)45-38(48)32-18-17-31-33(36(32)40(45)50)22-34-39(49)46(27-10-6-9-25(44)21-27)41(51)42(34,23-7-2-1-3-8-23)37(31)30-19-20-35(47)29-12-5-4-11-28(29)30/h1-17,19-21,32-34,36-37,47H,18,22H2/t32-,33+,34-,36-,37-,42+/m0/s1. The van der Waals surface area contributed by atoms with Crippen LogP contribution in [-0.2, 0) is 24.6 Å². The number of hydrogen-bond acceptors (Lipinski definition) is 5. The van der Waals surface area contributed by atoms with Crippen molar-refractivity contribution in [1.29, 1.82) is 0 Å². The SMILES string of the molecule is O=C1[C@H]2[C@H](CC=C3[C@H]2C[C@H]2C(=O)N(c4cccc(Cl)c4)C(=O)[C@@]2(c2ccccc2)[C@H]3c2ccc(O)c3ccccc23)C(=O)N1c1ccc(Br)cc1. The number of amides is 4. The molecule has 9 heteroatoms. The summed E-state index contributed by atoms with van der Waals surface area (Å²) in [7, 11) is 0. The number of aromatic hydroxyl groups is 1. The Morgan fingerprint density at radius 1 is 0.706 bits per heavy atom. The topological polar surface area (TPSA) is 95.0 Å². The summed E-state index contributed by atoms with van der Waals surface area (Å²) in [6.07, 6.45) is 2.56. The molecule has 2 aliphatic carbocycles. The van der Waals surface area contributed by atoms with Gasteiger partial charge in [-0.25, -0.2) is 4.90 Å². The molecule has 1 saturated carbocycles. The van der Waals surface area contributed by atoms with Crippen molar-refractivity contribution in [2.45, 2.75) is 24.2 Å². The Bertz CT molecular complexity index is 2340. The van der Waals surface area contributed by atoms with Crippen molar-refractivity contribution in [2.24, 2.45) is 23.7 Å². The van der Waals surface area contributed by atoms with Gasteiger partial charge in [0.15, 0.2) is 0 Å². The molecule has 2 heterocycles. The zero-order chi connectivity index (χ0) is 35.2. The lowest BCUT2D eigenvalue weighted by Crippen LogP contribution is -2.53. The molecule has 2 saturated heterocycles. The number of carbonyl (C=O) groups is 4. The van der Waals surface area contributed by atoms with Gasteiger partial charge in [-0.05, 0) is 83.8 Å². The van der Waals surface area contributed by atoms with E-state index < -0.39 is 35.0 Å². The number of hydrogen-bond donors (Lipinski definition) is 1. The van der Waals surface area contributed by atoms with Crippen molar-refractivity contribution in [2.75, 3.05) is 9.80 Å². The van der Waals surface area contributed by atoms with Gasteiger partial charge in [0.05, 0.1) is 34.5 Å². The van der Waals surface area contributed by atoms with Gasteiger partial charge in [0.1, 0.15) is 5.75 Å². The van der Waals surface area contributed by atoms with E-state index in [1.54, 1.807) is 54.6 Å². The quantitative estimate of drug-likeness (QED) is 0.147. The highest BCUT2D eigenvalue weighted by Crippen LogP contribution is 2.65. The van der Waals surface area contributed by atoms with Crippen molar-refractivity contribution in [3.63, 3.8) is 0 Å². The molecule has 252 valence electrons. The fourth-order valence-corrected chi connectivity index (χ4v) is 9.94. The minimum absolute atomic E-state index is 0.0980. The number of phenolic OH excluding ortho intramolecular Hbond substituents is 1. The molecule has 6 atom stereocenters. The molecule has 0 unspecified atom stereocenters. The molecule has 4 amide bonds. The molecule has 3 fully saturated rings. The second-order valence-electron chi connectivity index (χ2n) is 13.8. The second-order valence-corrected chi connectivity index (χ2v) is 15.2. The lowest BCUT2D eigenvalue weighted by atomic mass is 9.49. The maximum absolute atomic E-state index is 15.5. The van der Waals surface area contributed by atoms with E-state index in [0.29, 0.717) is 33.8 Å². The Labute approximate surface area is 307 Å². The second kappa shape index (κ2) is 11.8. The summed E-state index contributed by atoms with van der Waals surface area (Å²) < 4.78 is 0.828. The molecule has 1 N–H and O–H groups in total. The van der Waals surface area contributed by atoms with Gasteiger partial charge in [0.25, 0.3) is 0 Å². The van der Waals surface area contributed by atoms with Crippen LogP contribution in [0.3, 0.4) is 0 Å². The highest BCUT2D eigenvalue weighted by Gasteiger charge is 2.70. The minimum Gasteiger partial charge on any atom is -0.507 e. The normalized spacial score (nSPS) is 27.0. The van der Waals surface area contributed by atoms with E-state index in [-0.39, 0.29) is 35.8 Å². The molecule has 0 bridgehead atoms. The van der Waals surface area contributed by atoms with Crippen molar-refractivity contribution in [1.82, 2.24) is 0 Å². The molecule has 2 aliphatic heterocycles. The molecule has 5 aromatic rings. The molecule has 0 aromatic heterocycles. The lowest BCUT2D eigenvalue weighted by Gasteiger charge is -2.51. The summed E-state index contributed by atoms with van der Waals surface area (Å²) in [4.78, 5) is 61.7. The predicted octanol–water partition coefficient (Wildman–Crippen LogP) is 8.33. The zero-order valence-corrected chi connectivity index (χ0v) is 29.4. The zero-order valence-electron chi connectivity index (χ0n) is 27.1. The Morgan fingerprint density at radius 3 is 2.18 bits per heavy atom. The van der Waals surface area contributed by atoms with Crippen LogP contribution in [0.1, 0.15) is 29.9 Å². The van der Waals surface area contributed by atoms with Crippen LogP contribution in [0.15, 0.2) is 131 Å². The first-order chi connectivity index (χ1) is 24.7. The van der Waals surface area contributed by atoms with Crippen molar-refractivity contribution < 1.29 is 24.3 Å². The molecule has 4 aliphatic rings. The molecule has 9 rings (SSSR count). The van der Waals surface area contributed by atoms with Gasteiger partial charge in [-0.15, -0.1) is 0 Å². The molecule has 0 spiro atoms. The van der Waals surface area contributed by atoms with Crippen molar-refractivity contribution >= 4 is 73.3 Å². The van der Waals surface area contributed by atoms with Crippen LogP contribution in [0, 0.1) is 23.7 Å². The first-order valence-corrected chi connectivity index (χ1v) is 18.1. The number of allylic oxidation sites excluding steroid dienone is 2. The van der Waals surface area contributed by atoms with E-state index in [0.717, 1.165) is 21.0 Å². The van der Waals surface area contributed by atoms with Crippen LogP contribution in [0.4, 0.5) is 11.4 Å². The van der Waals surface area contributed by atoms with E-state index in [2.05, 4.69) is 22.0 Å². The van der Waals surface area contributed by atoms with E-state index in [9.17, 15) is 14.7 Å². The number of benzene rings is 5. The summed E-state index contributed by atoms with van der Waals surface area (Å²) in [5.41, 5.74) is 1.78. The number of halogens is 2. The van der Waals surface area contributed by atoms with Gasteiger partial charge in [-0.2, -0.15) is 0 Å². The molecule has 0 radical (unpaired) electrons. The monoisotopic (exact) mass is 756 g/mol. The Kier molecular flexibility index (Phi) is 7.35. The number of phenols is 1. The molecule has 7 nitrogen and oxygen atoms in total. The van der Waals surface area contributed by atoms with Gasteiger partial charge >= 0.3 is 0 Å². The molecule has 51 heavy (non-hydrogen) atoms. The fourth-order valence-electron chi connectivity index (χ4n) is 9.49. The molecular weight excluding hydrogens is 728 g/mol. The van der Waals surface area contributed by atoms with E-state index >= 15 is 9.59 Å². The summed E-state index contributed by atoms with van der Waals surface area (Å²) in [5.74, 6) is -4.62. The van der Waals surface area contributed by atoms with Gasteiger partial charge in [0.2, 0.25) is 23.6 Å². The van der Waals surface area contributed by atoms with Crippen LogP contribution in [0.5, 0.6) is 5.75 Å². The maximum Gasteiger partial charge on any atom is 0.246 e. The largest absolute Gasteiger partial charge is 0.507 e. The van der Waals surface area contributed by atoms with Gasteiger partial charge in [-0.3, -0.25) is 24.1 Å². The van der Waals surface area contributed by atoms with Crippen LogP contribution in [0.25, 0.3) is 10.8 Å². The maximum atomic E-state index is 15.5. The number of imide groups is 2. The molecular formula is C42H30BrClN2O5. The summed E-state index contributed by atoms with van der Waals surface area (Å²) in [5, 5.41) is 12.7. The minimum atomic E-state index is -1.41. The highest BCUT2D eigenvalue weighted by atomic mass is 79.9. The number of nitrogens with zero attached hydrogens (tertiary/aromatic N) is 2. The predicted molar refractivity (Wildman–Crippen MR) is 198 cm³/mol. The average molecular weight is 758 g/mol. The Morgan fingerprint density at radius 2 is 1.43 bits per heavy atom. The first-order valence-electron chi connectivity index (χ1n) is 16.9. The molecule has 5 aromatic carbocycles. The smallest absolute Gasteiger partial charge is 0.246 e. The Balaban J connectivity index is 1.30. The van der Waals surface area contributed by atoms with Gasteiger partial charge in [0, 0.05) is 20.8 Å². The first kappa shape index (κ1) is 31.9. The summed E-state index contributed by atoms with van der Waals surface area (Å²) in [6, 6.07) is 34.2. The number of anilines is 2. The average Bonchev–Trinajstić information content (AvgIpc) is 3.53. The number of rotatable bonds is 4. The number of carbonyl (C=O) groups excluding carboxylic acids is 4. The third-order valence-corrected chi connectivity index (χ3v) is 12.3. The van der Waals surface area contributed by atoms with Crippen molar-refractivity contribution in [3.05, 3.63) is 148 Å². The summed E-state index contributed by atoms with van der Waals surface area (Å²) in [6.45, 7) is 0. The van der Waals surface area contributed by atoms with Crippen molar-refractivity contribution in [3.8, 4) is 5.75 Å². The van der Waals surface area contributed by atoms with E-state index in [1.807, 2.05) is 60.7 Å². The lowest BCUT2D eigenvalue weighted by molar-refractivity contribution is -0.127. The third kappa shape index (κ3) is 4.49. The van der Waals surface area contributed by atoms with Crippen LogP contribution >= 0.6 is 27.5 Å². The van der Waals surface area contributed by atoms with E-state index in [1.165, 1.54) is 9.80 Å². The fraction of sp³-hybridized carbons (Fsp3) is 0.190. The number of fused-ring (bicyclic) bond motifs is 5.